The van der Waals surface area contributed by atoms with Gasteiger partial charge in [0, 0.05) is 18.7 Å². The van der Waals surface area contributed by atoms with Crippen molar-refractivity contribution in [3.63, 3.8) is 0 Å². The first-order chi connectivity index (χ1) is 9.24. The molecule has 1 saturated heterocycles. The SMILES string of the molecule is CC1(C)CCN(S(=O)(=O)c2ccccc2C(N)=S)CC1. The quantitative estimate of drug-likeness (QED) is 0.869. The Bertz CT molecular complexity index is 614. The molecule has 0 amide bonds. The molecule has 0 spiro atoms. The van der Waals surface area contributed by atoms with Crippen LogP contribution in [0.3, 0.4) is 0 Å². The van der Waals surface area contributed by atoms with Gasteiger partial charge in [-0.2, -0.15) is 4.31 Å². The topological polar surface area (TPSA) is 63.4 Å². The molecule has 20 heavy (non-hydrogen) atoms. The first-order valence-corrected chi connectivity index (χ1v) is 8.48. The van der Waals surface area contributed by atoms with Gasteiger partial charge in [-0.05, 0) is 24.3 Å². The maximum Gasteiger partial charge on any atom is 0.243 e. The van der Waals surface area contributed by atoms with E-state index in [1.165, 1.54) is 4.31 Å². The Hall–Kier alpha value is -0.980. The van der Waals surface area contributed by atoms with Crippen LogP contribution in [0.25, 0.3) is 0 Å². The van der Waals surface area contributed by atoms with E-state index in [4.69, 9.17) is 18.0 Å². The molecule has 0 atom stereocenters. The summed E-state index contributed by atoms with van der Waals surface area (Å²) < 4.78 is 27.0. The molecule has 0 aliphatic carbocycles. The van der Waals surface area contributed by atoms with E-state index in [9.17, 15) is 8.42 Å². The molecule has 1 aromatic carbocycles. The van der Waals surface area contributed by atoms with Gasteiger partial charge in [0.25, 0.3) is 0 Å². The third-order valence-corrected chi connectivity index (χ3v) is 6.02. The molecule has 6 heteroatoms. The second kappa shape index (κ2) is 5.42. The summed E-state index contributed by atoms with van der Waals surface area (Å²) in [4.78, 5) is 0.328. The zero-order chi connectivity index (χ0) is 15.0. The largest absolute Gasteiger partial charge is 0.389 e. The van der Waals surface area contributed by atoms with Gasteiger partial charge in [0.05, 0.1) is 4.90 Å². The lowest BCUT2D eigenvalue weighted by Gasteiger charge is -2.36. The molecule has 0 radical (unpaired) electrons. The highest BCUT2D eigenvalue weighted by Gasteiger charge is 2.33. The molecule has 2 rings (SSSR count). The lowest BCUT2D eigenvalue weighted by molar-refractivity contribution is 0.196. The summed E-state index contributed by atoms with van der Waals surface area (Å²) in [5.41, 5.74) is 6.26. The normalized spacial score (nSPS) is 19.7. The average Bonchev–Trinajstić information content (AvgIpc) is 2.38. The van der Waals surface area contributed by atoms with Gasteiger partial charge in [0.15, 0.2) is 0 Å². The maximum atomic E-state index is 12.7. The number of hydrogen-bond acceptors (Lipinski definition) is 3. The molecule has 1 aliphatic heterocycles. The van der Waals surface area contributed by atoms with Crippen LogP contribution >= 0.6 is 12.2 Å². The highest BCUT2D eigenvalue weighted by Crippen LogP contribution is 2.32. The Morgan fingerprint density at radius 1 is 1.25 bits per heavy atom. The van der Waals surface area contributed by atoms with Crippen molar-refractivity contribution in [3.05, 3.63) is 29.8 Å². The van der Waals surface area contributed by atoms with Gasteiger partial charge in [-0.25, -0.2) is 8.42 Å². The van der Waals surface area contributed by atoms with E-state index in [0.717, 1.165) is 12.8 Å². The van der Waals surface area contributed by atoms with Crippen molar-refractivity contribution in [3.8, 4) is 0 Å². The minimum atomic E-state index is -3.52. The van der Waals surface area contributed by atoms with Crippen LogP contribution < -0.4 is 5.73 Å². The highest BCUT2D eigenvalue weighted by molar-refractivity contribution is 7.89. The molecule has 1 fully saturated rings. The predicted octanol–water partition coefficient (Wildman–Crippen LogP) is 2.13. The zero-order valence-electron chi connectivity index (χ0n) is 11.8. The Balaban J connectivity index is 2.35. The summed E-state index contributed by atoms with van der Waals surface area (Å²) in [6.45, 7) is 5.42. The number of rotatable bonds is 3. The van der Waals surface area contributed by atoms with Crippen LogP contribution in [0.1, 0.15) is 32.3 Å². The standard InChI is InChI=1S/C14H20N2O2S2/c1-14(2)7-9-16(10-8-14)20(17,18)12-6-4-3-5-11(12)13(15)19/h3-6H,7-10H2,1-2H3,(H2,15,19). The Labute approximate surface area is 126 Å². The van der Waals surface area contributed by atoms with E-state index >= 15 is 0 Å². The van der Waals surface area contributed by atoms with Gasteiger partial charge < -0.3 is 5.73 Å². The van der Waals surface area contributed by atoms with Gasteiger partial charge in [0.1, 0.15) is 4.99 Å². The zero-order valence-corrected chi connectivity index (χ0v) is 13.4. The number of nitrogens with zero attached hydrogens (tertiary/aromatic N) is 1. The van der Waals surface area contributed by atoms with Crippen molar-refractivity contribution in [1.29, 1.82) is 0 Å². The third-order valence-electron chi connectivity index (χ3n) is 3.85. The van der Waals surface area contributed by atoms with Crippen LogP contribution in [-0.4, -0.2) is 30.8 Å². The van der Waals surface area contributed by atoms with Gasteiger partial charge >= 0.3 is 0 Å². The Morgan fingerprint density at radius 2 is 1.80 bits per heavy atom. The summed E-state index contributed by atoms with van der Waals surface area (Å²) in [6.07, 6.45) is 1.73. The number of benzene rings is 1. The van der Waals surface area contributed by atoms with Crippen LogP contribution in [0, 0.1) is 5.41 Å². The van der Waals surface area contributed by atoms with Crippen molar-refractivity contribution < 1.29 is 8.42 Å². The molecule has 0 saturated carbocycles. The molecule has 1 heterocycles. The van der Waals surface area contributed by atoms with Crippen LogP contribution in [0.5, 0.6) is 0 Å². The van der Waals surface area contributed by atoms with Crippen molar-refractivity contribution in [2.75, 3.05) is 13.1 Å². The Kier molecular flexibility index (Phi) is 4.18. The maximum absolute atomic E-state index is 12.7. The summed E-state index contributed by atoms with van der Waals surface area (Å²) in [5.74, 6) is 0. The molecule has 2 N–H and O–H groups in total. The summed E-state index contributed by atoms with van der Waals surface area (Å²) >= 11 is 4.95. The average molecular weight is 312 g/mol. The second-order valence-corrected chi connectivity index (χ2v) is 8.27. The highest BCUT2D eigenvalue weighted by atomic mass is 32.2. The van der Waals surface area contributed by atoms with Crippen molar-refractivity contribution >= 4 is 27.2 Å². The van der Waals surface area contributed by atoms with Crippen LogP contribution in [0.2, 0.25) is 0 Å². The van der Waals surface area contributed by atoms with Gasteiger partial charge in [-0.3, -0.25) is 0 Å². The van der Waals surface area contributed by atoms with E-state index in [2.05, 4.69) is 13.8 Å². The van der Waals surface area contributed by atoms with Crippen LogP contribution in [0.15, 0.2) is 29.2 Å². The number of nitrogens with two attached hydrogens (primary N) is 1. The summed E-state index contributed by atoms with van der Waals surface area (Å²) in [7, 11) is -3.52. The third kappa shape index (κ3) is 3.02. The molecule has 1 aliphatic rings. The smallest absolute Gasteiger partial charge is 0.243 e. The monoisotopic (exact) mass is 312 g/mol. The molecule has 0 aromatic heterocycles. The fraction of sp³-hybridized carbons (Fsp3) is 0.500. The van der Waals surface area contributed by atoms with E-state index in [0.29, 0.717) is 18.7 Å². The fourth-order valence-electron chi connectivity index (χ4n) is 2.37. The number of sulfonamides is 1. The molecule has 1 aromatic rings. The van der Waals surface area contributed by atoms with E-state index in [1.54, 1.807) is 24.3 Å². The predicted molar refractivity (Wildman–Crippen MR) is 84.1 cm³/mol. The minimum Gasteiger partial charge on any atom is -0.389 e. The van der Waals surface area contributed by atoms with E-state index < -0.39 is 10.0 Å². The molecule has 0 unspecified atom stereocenters. The lowest BCUT2D eigenvalue weighted by atomic mass is 9.83. The lowest BCUT2D eigenvalue weighted by Crippen LogP contribution is -2.41. The molecule has 110 valence electrons. The molecular formula is C14H20N2O2S2. The van der Waals surface area contributed by atoms with Crippen molar-refractivity contribution in [2.24, 2.45) is 11.1 Å². The first-order valence-electron chi connectivity index (χ1n) is 6.63. The number of piperidine rings is 1. The van der Waals surface area contributed by atoms with Gasteiger partial charge in [0.2, 0.25) is 10.0 Å². The minimum absolute atomic E-state index is 0.113. The van der Waals surface area contributed by atoms with Crippen molar-refractivity contribution in [1.82, 2.24) is 4.31 Å². The van der Waals surface area contributed by atoms with Gasteiger partial charge in [-0.15, -0.1) is 0 Å². The second-order valence-electron chi connectivity index (χ2n) is 5.93. The first kappa shape index (κ1) is 15.4. The van der Waals surface area contributed by atoms with Crippen LogP contribution in [0.4, 0.5) is 0 Å². The van der Waals surface area contributed by atoms with E-state index in [-0.39, 0.29) is 15.3 Å². The number of hydrogen-bond donors (Lipinski definition) is 1. The van der Waals surface area contributed by atoms with Crippen molar-refractivity contribution in [2.45, 2.75) is 31.6 Å². The summed E-state index contributed by atoms with van der Waals surface area (Å²) in [6, 6.07) is 6.67. The molecule has 4 nitrogen and oxygen atoms in total. The fourth-order valence-corrected chi connectivity index (χ4v) is 4.26. The number of thiocarbonyl (C=S) groups is 1. The van der Waals surface area contributed by atoms with Crippen LogP contribution in [-0.2, 0) is 10.0 Å². The molecular weight excluding hydrogens is 292 g/mol. The molecule has 0 bridgehead atoms. The summed E-state index contributed by atoms with van der Waals surface area (Å²) in [5, 5.41) is 0. The van der Waals surface area contributed by atoms with Gasteiger partial charge in [-0.1, -0.05) is 44.3 Å². The van der Waals surface area contributed by atoms with E-state index in [1.807, 2.05) is 0 Å². The Morgan fingerprint density at radius 3 is 2.35 bits per heavy atom.